The normalized spacial score (nSPS) is 10.6. The van der Waals surface area contributed by atoms with Gasteiger partial charge in [0.05, 0.1) is 5.69 Å². The van der Waals surface area contributed by atoms with Crippen LogP contribution in [0, 0.1) is 13.8 Å². The smallest absolute Gasteiger partial charge is 0.191 e. The number of nitrogens with one attached hydrogen (secondary N) is 1. The number of hydrazine groups is 1. The molecule has 6 nitrogen and oxygen atoms in total. The highest BCUT2D eigenvalue weighted by molar-refractivity contribution is 7.98. The Morgan fingerprint density at radius 2 is 2.12 bits per heavy atom. The zero-order chi connectivity index (χ0) is 12.4. The summed E-state index contributed by atoms with van der Waals surface area (Å²) in [5, 5.41) is 0.668. The summed E-state index contributed by atoms with van der Waals surface area (Å²) in [6.45, 7) is 3.96. The highest BCUT2D eigenvalue weighted by Crippen LogP contribution is 2.18. The monoisotopic (exact) mass is 250 g/mol. The van der Waals surface area contributed by atoms with Crippen LogP contribution in [0.3, 0.4) is 0 Å². The fourth-order valence-corrected chi connectivity index (χ4v) is 1.81. The van der Waals surface area contributed by atoms with Crippen molar-refractivity contribution in [3.63, 3.8) is 0 Å². The first-order valence-corrected chi connectivity index (χ1v) is 6.28. The van der Waals surface area contributed by atoms with E-state index in [1.165, 1.54) is 11.8 Å². The Labute approximate surface area is 104 Å². The van der Waals surface area contributed by atoms with Gasteiger partial charge in [0.2, 0.25) is 0 Å². The highest BCUT2D eigenvalue weighted by atomic mass is 32.2. The number of nitrogens with two attached hydrogens (primary N) is 1. The van der Waals surface area contributed by atoms with Crippen molar-refractivity contribution in [2.45, 2.75) is 19.0 Å². The highest BCUT2D eigenvalue weighted by Gasteiger charge is 2.09. The number of imidazole rings is 1. The molecular formula is C10H14N6S. The van der Waals surface area contributed by atoms with Crippen LogP contribution in [-0.4, -0.2) is 25.8 Å². The molecule has 0 radical (unpaired) electrons. The molecule has 0 unspecified atom stereocenters. The lowest BCUT2D eigenvalue weighted by Gasteiger charge is -2.08. The van der Waals surface area contributed by atoms with Gasteiger partial charge in [-0.25, -0.2) is 20.8 Å². The first-order chi connectivity index (χ1) is 8.15. The molecule has 2 heterocycles. The Kier molecular flexibility index (Phi) is 3.30. The molecule has 3 N–H and O–H groups in total. The van der Waals surface area contributed by atoms with Gasteiger partial charge in [-0.15, -0.1) is 0 Å². The number of nitrogen functional groups attached to an aromatic ring is 1. The van der Waals surface area contributed by atoms with Crippen molar-refractivity contribution in [3.8, 4) is 5.82 Å². The summed E-state index contributed by atoms with van der Waals surface area (Å²) < 4.78 is 1.91. The van der Waals surface area contributed by atoms with E-state index in [0.29, 0.717) is 11.0 Å². The fraction of sp³-hybridized carbons (Fsp3) is 0.300. The molecule has 2 aromatic rings. The number of rotatable bonds is 3. The van der Waals surface area contributed by atoms with Crippen LogP contribution in [0.2, 0.25) is 0 Å². The summed E-state index contributed by atoms with van der Waals surface area (Å²) in [5.41, 5.74) is 4.58. The van der Waals surface area contributed by atoms with E-state index in [4.69, 9.17) is 5.84 Å². The summed E-state index contributed by atoms with van der Waals surface area (Å²) in [5.74, 6) is 6.74. The van der Waals surface area contributed by atoms with Crippen LogP contribution in [0.15, 0.2) is 17.6 Å². The Hall–Kier alpha value is -1.60. The average molecular weight is 250 g/mol. The predicted molar refractivity (Wildman–Crippen MR) is 68.2 cm³/mol. The molecule has 0 aliphatic heterocycles. The molecule has 0 aromatic carbocycles. The third-order valence-electron chi connectivity index (χ3n) is 2.52. The lowest BCUT2D eigenvalue weighted by Crippen LogP contribution is -2.11. The summed E-state index contributed by atoms with van der Waals surface area (Å²) in [4.78, 5) is 12.9. The number of hydrogen-bond acceptors (Lipinski definition) is 6. The van der Waals surface area contributed by atoms with Gasteiger partial charge in [0.15, 0.2) is 5.16 Å². The third-order valence-corrected chi connectivity index (χ3v) is 3.07. The van der Waals surface area contributed by atoms with Crippen LogP contribution in [0.25, 0.3) is 5.82 Å². The number of aromatic nitrogens is 4. The van der Waals surface area contributed by atoms with Crippen molar-refractivity contribution in [2.24, 2.45) is 5.84 Å². The summed E-state index contributed by atoms with van der Waals surface area (Å²) >= 11 is 1.47. The van der Waals surface area contributed by atoms with E-state index in [9.17, 15) is 0 Å². The number of nitrogens with zero attached hydrogens (tertiary/aromatic N) is 4. The SMILES string of the molecule is CSc1nc(NN)cc(-n2cnc(C)c2C)n1. The van der Waals surface area contributed by atoms with Gasteiger partial charge in [0.1, 0.15) is 18.0 Å². The van der Waals surface area contributed by atoms with Crippen molar-refractivity contribution in [1.29, 1.82) is 0 Å². The minimum atomic E-state index is 0.588. The topological polar surface area (TPSA) is 81.6 Å². The summed E-state index contributed by atoms with van der Waals surface area (Å²) in [6.07, 6.45) is 3.67. The number of aryl methyl sites for hydroxylation is 1. The first-order valence-electron chi connectivity index (χ1n) is 5.06. The van der Waals surface area contributed by atoms with Gasteiger partial charge >= 0.3 is 0 Å². The van der Waals surface area contributed by atoms with Gasteiger partial charge in [0, 0.05) is 11.8 Å². The maximum Gasteiger partial charge on any atom is 0.191 e. The van der Waals surface area contributed by atoms with Crippen LogP contribution in [0.4, 0.5) is 5.82 Å². The summed E-state index contributed by atoms with van der Waals surface area (Å²) in [6, 6.07) is 1.79. The van der Waals surface area contributed by atoms with Crippen molar-refractivity contribution < 1.29 is 0 Å². The third kappa shape index (κ3) is 2.25. The van der Waals surface area contributed by atoms with E-state index in [1.54, 1.807) is 12.4 Å². The zero-order valence-corrected chi connectivity index (χ0v) is 10.7. The molecule has 0 spiro atoms. The maximum absolute atomic E-state index is 5.39. The second kappa shape index (κ2) is 4.72. The molecule has 90 valence electrons. The number of hydrogen-bond donors (Lipinski definition) is 2. The van der Waals surface area contributed by atoms with Gasteiger partial charge in [0.25, 0.3) is 0 Å². The standard InChI is InChI=1S/C10H14N6S/c1-6-7(2)16(5-12-6)9-4-8(15-11)13-10(14-9)17-3/h4-5H,11H2,1-3H3,(H,13,14,15). The van der Waals surface area contributed by atoms with Crippen molar-refractivity contribution >= 4 is 17.6 Å². The van der Waals surface area contributed by atoms with E-state index >= 15 is 0 Å². The van der Waals surface area contributed by atoms with Gasteiger partial charge in [-0.3, -0.25) is 4.57 Å². The minimum Gasteiger partial charge on any atom is -0.308 e. The van der Waals surface area contributed by atoms with Crippen LogP contribution in [-0.2, 0) is 0 Å². The van der Waals surface area contributed by atoms with E-state index < -0.39 is 0 Å². The van der Waals surface area contributed by atoms with Crippen LogP contribution >= 0.6 is 11.8 Å². The largest absolute Gasteiger partial charge is 0.308 e. The quantitative estimate of drug-likeness (QED) is 0.370. The molecule has 17 heavy (non-hydrogen) atoms. The molecule has 0 atom stereocenters. The van der Waals surface area contributed by atoms with Crippen LogP contribution < -0.4 is 11.3 Å². The molecule has 2 rings (SSSR count). The lowest BCUT2D eigenvalue weighted by atomic mass is 10.4. The maximum atomic E-state index is 5.39. The molecule has 0 aliphatic carbocycles. The molecule has 0 fully saturated rings. The minimum absolute atomic E-state index is 0.588. The zero-order valence-electron chi connectivity index (χ0n) is 9.93. The van der Waals surface area contributed by atoms with Gasteiger partial charge in [-0.2, -0.15) is 0 Å². The summed E-state index contributed by atoms with van der Waals surface area (Å²) in [7, 11) is 0. The number of thioether (sulfide) groups is 1. The molecule has 0 saturated carbocycles. The molecular weight excluding hydrogens is 236 g/mol. The van der Waals surface area contributed by atoms with Crippen molar-refractivity contribution in [2.75, 3.05) is 11.7 Å². The Balaban J connectivity index is 2.54. The molecule has 7 heteroatoms. The van der Waals surface area contributed by atoms with Crippen molar-refractivity contribution in [1.82, 2.24) is 19.5 Å². The predicted octanol–water partition coefficient (Wildman–Crippen LogP) is 1.29. The molecule has 0 bridgehead atoms. The fourth-order valence-electron chi connectivity index (χ4n) is 1.43. The molecule has 0 saturated heterocycles. The lowest BCUT2D eigenvalue weighted by molar-refractivity contribution is 0.872. The van der Waals surface area contributed by atoms with Gasteiger partial charge in [-0.05, 0) is 20.1 Å². The first kappa shape index (κ1) is 11.9. The van der Waals surface area contributed by atoms with E-state index in [2.05, 4.69) is 20.4 Å². The van der Waals surface area contributed by atoms with E-state index in [-0.39, 0.29) is 0 Å². The van der Waals surface area contributed by atoms with E-state index in [1.807, 2.05) is 24.7 Å². The van der Waals surface area contributed by atoms with Crippen molar-refractivity contribution in [3.05, 3.63) is 23.8 Å². The second-order valence-electron chi connectivity index (χ2n) is 3.53. The Bertz CT molecular complexity index is 513. The van der Waals surface area contributed by atoms with Crippen LogP contribution in [0.5, 0.6) is 0 Å². The Morgan fingerprint density at radius 1 is 1.35 bits per heavy atom. The van der Waals surface area contributed by atoms with Gasteiger partial charge in [-0.1, -0.05) is 11.8 Å². The van der Waals surface area contributed by atoms with Crippen LogP contribution in [0.1, 0.15) is 11.4 Å². The average Bonchev–Trinajstić information content (AvgIpc) is 2.69. The molecule has 0 amide bonds. The van der Waals surface area contributed by atoms with Gasteiger partial charge < -0.3 is 5.43 Å². The second-order valence-corrected chi connectivity index (χ2v) is 4.30. The number of anilines is 1. The molecule has 2 aromatic heterocycles. The van der Waals surface area contributed by atoms with E-state index in [0.717, 1.165) is 17.2 Å². The Morgan fingerprint density at radius 3 is 2.65 bits per heavy atom. The molecule has 0 aliphatic rings.